The number of sulfone groups is 1. The van der Waals surface area contributed by atoms with Gasteiger partial charge in [0.25, 0.3) is 0 Å². The van der Waals surface area contributed by atoms with E-state index in [4.69, 9.17) is 0 Å². The first-order valence-corrected chi connectivity index (χ1v) is 7.05. The molecule has 1 aromatic rings. The molecule has 0 spiro atoms. The monoisotopic (exact) mass is 256 g/mol. The van der Waals surface area contributed by atoms with Gasteiger partial charge in [-0.05, 0) is 12.1 Å². The molecule has 6 heteroatoms. The van der Waals surface area contributed by atoms with Gasteiger partial charge in [-0.2, -0.15) is 0 Å². The van der Waals surface area contributed by atoms with Crippen LogP contribution in [0.1, 0.15) is 0 Å². The highest BCUT2D eigenvalue weighted by atomic mass is 32.2. The highest BCUT2D eigenvalue weighted by Crippen LogP contribution is 2.04. The Labute approximate surface area is 101 Å². The summed E-state index contributed by atoms with van der Waals surface area (Å²) in [7, 11) is -1.92. The molecule has 1 rings (SSSR count). The zero-order valence-corrected chi connectivity index (χ0v) is 10.5. The minimum Gasteiger partial charge on any atom is -0.384 e. The molecule has 0 heterocycles. The number of rotatable bonds is 6. The molecule has 0 aliphatic rings. The van der Waals surface area contributed by atoms with E-state index in [9.17, 15) is 13.2 Å². The number of hydrogen-bond donors (Lipinski definition) is 2. The smallest absolute Gasteiger partial charge is 0.234 e. The number of nitrogens with one attached hydrogen (secondary N) is 2. The van der Waals surface area contributed by atoms with Crippen LogP contribution in [0.5, 0.6) is 0 Å². The van der Waals surface area contributed by atoms with Gasteiger partial charge in [0.2, 0.25) is 5.91 Å². The zero-order valence-electron chi connectivity index (χ0n) is 9.64. The van der Waals surface area contributed by atoms with Crippen molar-refractivity contribution < 1.29 is 13.2 Å². The third-order valence-corrected chi connectivity index (χ3v) is 3.67. The van der Waals surface area contributed by atoms with Crippen molar-refractivity contribution in [3.8, 4) is 0 Å². The largest absolute Gasteiger partial charge is 0.384 e. The van der Waals surface area contributed by atoms with E-state index >= 15 is 0 Å². The number of benzene rings is 1. The molecule has 0 unspecified atom stereocenters. The lowest BCUT2D eigenvalue weighted by Crippen LogP contribution is -2.30. The highest BCUT2D eigenvalue weighted by Gasteiger charge is 2.14. The number of carbonyl (C=O) groups excluding carboxylic acids is 1. The maximum absolute atomic E-state index is 11.5. The van der Waals surface area contributed by atoms with E-state index in [2.05, 4.69) is 10.6 Å². The predicted molar refractivity (Wildman–Crippen MR) is 67.7 cm³/mol. The fourth-order valence-electron chi connectivity index (χ4n) is 1.25. The maximum atomic E-state index is 11.5. The van der Waals surface area contributed by atoms with Crippen molar-refractivity contribution in [3.63, 3.8) is 0 Å². The van der Waals surface area contributed by atoms with Crippen LogP contribution >= 0.6 is 0 Å². The van der Waals surface area contributed by atoms with Crippen LogP contribution in [0.15, 0.2) is 30.3 Å². The molecule has 1 aromatic carbocycles. The van der Waals surface area contributed by atoms with E-state index in [-0.39, 0.29) is 5.75 Å². The summed E-state index contributed by atoms with van der Waals surface area (Å²) in [6, 6.07) is 9.31. The Morgan fingerprint density at radius 1 is 1.24 bits per heavy atom. The average molecular weight is 256 g/mol. The summed E-state index contributed by atoms with van der Waals surface area (Å²) in [5.41, 5.74) is 0.864. The van der Waals surface area contributed by atoms with Gasteiger partial charge in [0, 0.05) is 19.3 Å². The summed E-state index contributed by atoms with van der Waals surface area (Å²) in [4.78, 5) is 10.9. The van der Waals surface area contributed by atoms with Gasteiger partial charge in [0.1, 0.15) is 5.75 Å². The number of para-hydroxylation sites is 1. The molecular weight excluding hydrogens is 240 g/mol. The molecule has 0 saturated heterocycles. The van der Waals surface area contributed by atoms with Crippen molar-refractivity contribution in [1.82, 2.24) is 5.32 Å². The lowest BCUT2D eigenvalue weighted by molar-refractivity contribution is -0.118. The van der Waals surface area contributed by atoms with Crippen molar-refractivity contribution >= 4 is 21.4 Å². The molecule has 17 heavy (non-hydrogen) atoms. The third kappa shape index (κ3) is 5.35. The molecule has 2 N–H and O–H groups in total. The molecule has 0 atom stereocenters. The lowest BCUT2D eigenvalue weighted by Gasteiger charge is -2.06. The first-order chi connectivity index (χ1) is 8.03. The molecule has 0 aliphatic heterocycles. The van der Waals surface area contributed by atoms with Gasteiger partial charge in [-0.25, -0.2) is 8.42 Å². The zero-order chi connectivity index (χ0) is 12.7. The topological polar surface area (TPSA) is 75.3 Å². The van der Waals surface area contributed by atoms with Crippen LogP contribution in [0, 0.1) is 0 Å². The van der Waals surface area contributed by atoms with Crippen LogP contribution in [-0.4, -0.2) is 39.4 Å². The minimum absolute atomic E-state index is 0.0602. The first-order valence-electron chi connectivity index (χ1n) is 5.23. The summed E-state index contributed by atoms with van der Waals surface area (Å²) in [6.45, 7) is 0.295. The summed E-state index contributed by atoms with van der Waals surface area (Å²) < 4.78 is 23.0. The van der Waals surface area contributed by atoms with E-state index in [0.29, 0.717) is 6.54 Å². The molecule has 94 valence electrons. The number of amides is 1. The van der Waals surface area contributed by atoms with Crippen molar-refractivity contribution in [2.75, 3.05) is 30.4 Å². The standard InChI is InChI=1S/C11H16N2O3S/c1-12-11(14)9-17(15,16)8-7-13-10-5-3-2-4-6-10/h2-6,13H,7-9H2,1H3,(H,12,14). The minimum atomic E-state index is -3.34. The molecule has 5 nitrogen and oxygen atoms in total. The Morgan fingerprint density at radius 2 is 1.88 bits per heavy atom. The summed E-state index contributed by atoms with van der Waals surface area (Å²) >= 11 is 0. The molecule has 0 bridgehead atoms. The third-order valence-electron chi connectivity index (χ3n) is 2.15. The number of anilines is 1. The SMILES string of the molecule is CNC(=O)CS(=O)(=O)CCNc1ccccc1. The molecule has 0 radical (unpaired) electrons. The van der Waals surface area contributed by atoms with Gasteiger partial charge < -0.3 is 10.6 Å². The van der Waals surface area contributed by atoms with Crippen LogP contribution in [0.4, 0.5) is 5.69 Å². The molecule has 0 fully saturated rings. The Morgan fingerprint density at radius 3 is 2.47 bits per heavy atom. The van der Waals surface area contributed by atoms with Crippen molar-refractivity contribution in [3.05, 3.63) is 30.3 Å². The van der Waals surface area contributed by atoms with Crippen molar-refractivity contribution in [2.45, 2.75) is 0 Å². The van der Waals surface area contributed by atoms with E-state index < -0.39 is 21.5 Å². The fourth-order valence-corrected chi connectivity index (χ4v) is 2.35. The molecule has 1 amide bonds. The fraction of sp³-hybridized carbons (Fsp3) is 0.364. The second-order valence-electron chi connectivity index (χ2n) is 3.56. The average Bonchev–Trinajstić information content (AvgIpc) is 2.29. The van der Waals surface area contributed by atoms with E-state index in [0.717, 1.165) is 5.69 Å². The first kappa shape index (κ1) is 13.5. The molecule has 0 saturated carbocycles. The Balaban J connectivity index is 2.38. The Kier molecular flexibility index (Phi) is 4.96. The Hall–Kier alpha value is -1.56. The second kappa shape index (κ2) is 6.24. The van der Waals surface area contributed by atoms with E-state index in [1.165, 1.54) is 7.05 Å². The summed E-state index contributed by atoms with van der Waals surface area (Å²) in [5, 5.41) is 5.27. The van der Waals surface area contributed by atoms with Gasteiger partial charge in [-0.15, -0.1) is 0 Å². The van der Waals surface area contributed by atoms with Gasteiger partial charge in [-0.3, -0.25) is 4.79 Å². The van der Waals surface area contributed by atoms with Gasteiger partial charge in [-0.1, -0.05) is 18.2 Å². The second-order valence-corrected chi connectivity index (χ2v) is 5.74. The molecular formula is C11H16N2O3S. The van der Waals surface area contributed by atoms with Crippen LogP contribution in [0.2, 0.25) is 0 Å². The highest BCUT2D eigenvalue weighted by molar-refractivity contribution is 7.92. The quantitative estimate of drug-likeness (QED) is 0.765. The van der Waals surface area contributed by atoms with E-state index in [1.807, 2.05) is 30.3 Å². The number of carbonyl (C=O) groups is 1. The van der Waals surface area contributed by atoms with Crippen LogP contribution in [0.3, 0.4) is 0 Å². The molecule has 0 aromatic heterocycles. The van der Waals surface area contributed by atoms with Gasteiger partial charge >= 0.3 is 0 Å². The maximum Gasteiger partial charge on any atom is 0.234 e. The van der Waals surface area contributed by atoms with Crippen LogP contribution in [0.25, 0.3) is 0 Å². The van der Waals surface area contributed by atoms with E-state index in [1.54, 1.807) is 0 Å². The predicted octanol–water partition coefficient (Wildman–Crippen LogP) is 0.259. The van der Waals surface area contributed by atoms with Crippen LogP contribution in [-0.2, 0) is 14.6 Å². The van der Waals surface area contributed by atoms with Gasteiger partial charge in [0.05, 0.1) is 5.75 Å². The van der Waals surface area contributed by atoms with Crippen molar-refractivity contribution in [1.29, 1.82) is 0 Å². The summed E-state index contributed by atoms with van der Waals surface area (Å²) in [5.74, 6) is -1.00. The van der Waals surface area contributed by atoms with Crippen LogP contribution < -0.4 is 10.6 Å². The summed E-state index contributed by atoms with van der Waals surface area (Å²) in [6.07, 6.45) is 0. The van der Waals surface area contributed by atoms with Crippen molar-refractivity contribution in [2.24, 2.45) is 0 Å². The number of hydrogen-bond acceptors (Lipinski definition) is 4. The lowest BCUT2D eigenvalue weighted by atomic mass is 10.3. The Bertz CT molecular complexity index is 457. The van der Waals surface area contributed by atoms with Gasteiger partial charge in [0.15, 0.2) is 9.84 Å². The molecule has 0 aliphatic carbocycles. The normalized spacial score (nSPS) is 10.9.